The molecule has 0 unspecified atom stereocenters. The van der Waals surface area contributed by atoms with Gasteiger partial charge in [0.05, 0.1) is 5.02 Å². The van der Waals surface area contributed by atoms with E-state index in [-0.39, 0.29) is 5.78 Å². The molecule has 0 N–H and O–H groups in total. The molecule has 100 valence electrons. The molecule has 2 aromatic carbocycles. The Morgan fingerprint density at radius 2 is 1.85 bits per heavy atom. The van der Waals surface area contributed by atoms with E-state index < -0.39 is 0 Å². The number of carbonyl (C=O) groups excluding carboxylic acids is 1. The Balaban J connectivity index is 2.08. The molecule has 3 heteroatoms. The van der Waals surface area contributed by atoms with E-state index in [4.69, 9.17) is 16.0 Å². The first-order valence-corrected chi connectivity index (χ1v) is 6.74. The van der Waals surface area contributed by atoms with E-state index in [0.29, 0.717) is 21.9 Å². The minimum atomic E-state index is -0.125. The molecule has 0 radical (unpaired) electrons. The first-order valence-electron chi connectivity index (χ1n) is 6.36. The number of fused-ring (bicyclic) bond motifs is 1. The second kappa shape index (κ2) is 4.80. The van der Waals surface area contributed by atoms with E-state index in [1.54, 1.807) is 12.1 Å². The van der Waals surface area contributed by atoms with Gasteiger partial charge in [0.1, 0.15) is 0 Å². The Labute approximate surface area is 122 Å². The molecule has 0 saturated heterocycles. The molecule has 0 spiro atoms. The molecule has 0 fully saturated rings. The summed E-state index contributed by atoms with van der Waals surface area (Å²) in [6, 6.07) is 12.8. The molecule has 0 bridgehead atoms. The number of aryl methyl sites for hydroxylation is 2. The lowest BCUT2D eigenvalue weighted by Gasteiger charge is -2.02. The Morgan fingerprint density at radius 3 is 2.55 bits per heavy atom. The standard InChI is InChI=1S/C17H13ClO2/c1-10-6-7-12(8-11(10)2)16(19)15-9-13-4-3-5-14(18)17(13)20-15/h3-9H,1-2H3. The van der Waals surface area contributed by atoms with Crippen LogP contribution in [0.5, 0.6) is 0 Å². The summed E-state index contributed by atoms with van der Waals surface area (Å²) >= 11 is 6.06. The number of para-hydroxylation sites is 1. The first kappa shape index (κ1) is 12.9. The van der Waals surface area contributed by atoms with Crippen LogP contribution in [0.3, 0.4) is 0 Å². The lowest BCUT2D eigenvalue weighted by atomic mass is 10.0. The highest BCUT2D eigenvalue weighted by molar-refractivity contribution is 6.35. The van der Waals surface area contributed by atoms with E-state index in [0.717, 1.165) is 16.5 Å². The van der Waals surface area contributed by atoms with Gasteiger partial charge >= 0.3 is 0 Å². The fourth-order valence-electron chi connectivity index (χ4n) is 2.16. The van der Waals surface area contributed by atoms with Crippen molar-refractivity contribution in [2.24, 2.45) is 0 Å². The van der Waals surface area contributed by atoms with Gasteiger partial charge < -0.3 is 4.42 Å². The van der Waals surface area contributed by atoms with Crippen LogP contribution in [0.2, 0.25) is 5.02 Å². The maximum Gasteiger partial charge on any atom is 0.228 e. The number of hydrogen-bond donors (Lipinski definition) is 0. The van der Waals surface area contributed by atoms with Crippen LogP contribution < -0.4 is 0 Å². The van der Waals surface area contributed by atoms with E-state index >= 15 is 0 Å². The molecule has 20 heavy (non-hydrogen) atoms. The monoisotopic (exact) mass is 284 g/mol. The van der Waals surface area contributed by atoms with E-state index in [1.807, 2.05) is 44.2 Å². The zero-order valence-electron chi connectivity index (χ0n) is 11.2. The van der Waals surface area contributed by atoms with Crippen molar-refractivity contribution in [1.82, 2.24) is 0 Å². The van der Waals surface area contributed by atoms with Gasteiger partial charge in [-0.15, -0.1) is 0 Å². The summed E-state index contributed by atoms with van der Waals surface area (Å²) in [5.41, 5.74) is 3.43. The van der Waals surface area contributed by atoms with Gasteiger partial charge in [0.2, 0.25) is 5.78 Å². The van der Waals surface area contributed by atoms with Crippen LogP contribution in [-0.2, 0) is 0 Å². The predicted octanol–water partition coefficient (Wildman–Crippen LogP) is 4.93. The van der Waals surface area contributed by atoms with Gasteiger partial charge in [0.25, 0.3) is 0 Å². The maximum atomic E-state index is 12.5. The quantitative estimate of drug-likeness (QED) is 0.624. The van der Waals surface area contributed by atoms with E-state index in [2.05, 4.69) is 0 Å². The number of halogens is 1. The summed E-state index contributed by atoms with van der Waals surface area (Å²) in [5, 5.41) is 1.35. The average molecular weight is 285 g/mol. The van der Waals surface area contributed by atoms with E-state index in [1.165, 1.54) is 0 Å². The summed E-state index contributed by atoms with van der Waals surface area (Å²) in [6.45, 7) is 4.01. The SMILES string of the molecule is Cc1ccc(C(=O)c2cc3cccc(Cl)c3o2)cc1C. The number of ketones is 1. The molecule has 1 aromatic heterocycles. The van der Waals surface area contributed by atoms with Crippen LogP contribution in [-0.4, -0.2) is 5.78 Å². The van der Waals surface area contributed by atoms with Crippen LogP contribution in [0.25, 0.3) is 11.0 Å². The topological polar surface area (TPSA) is 30.2 Å². The van der Waals surface area contributed by atoms with Crippen LogP contribution in [0.15, 0.2) is 46.9 Å². The number of furan rings is 1. The third-order valence-corrected chi connectivity index (χ3v) is 3.79. The van der Waals surface area contributed by atoms with Crippen molar-refractivity contribution in [1.29, 1.82) is 0 Å². The summed E-state index contributed by atoms with van der Waals surface area (Å²) in [7, 11) is 0. The van der Waals surface area contributed by atoms with Crippen molar-refractivity contribution in [2.75, 3.05) is 0 Å². The van der Waals surface area contributed by atoms with Crippen LogP contribution in [0, 0.1) is 13.8 Å². The van der Waals surface area contributed by atoms with Gasteiger partial charge in [0.15, 0.2) is 11.3 Å². The summed E-state index contributed by atoms with van der Waals surface area (Å²) in [6.07, 6.45) is 0. The predicted molar refractivity (Wildman–Crippen MR) is 80.6 cm³/mol. The molecule has 0 aliphatic rings. The summed E-state index contributed by atoms with van der Waals surface area (Å²) in [5.74, 6) is 0.191. The molecular formula is C17H13ClO2. The fraction of sp³-hybridized carbons (Fsp3) is 0.118. The Morgan fingerprint density at radius 1 is 1.05 bits per heavy atom. The average Bonchev–Trinajstić information content (AvgIpc) is 2.86. The zero-order valence-corrected chi connectivity index (χ0v) is 12.0. The van der Waals surface area contributed by atoms with Gasteiger partial charge in [-0.25, -0.2) is 0 Å². The molecule has 0 saturated carbocycles. The number of benzene rings is 2. The molecule has 3 rings (SSSR count). The molecular weight excluding hydrogens is 272 g/mol. The highest BCUT2D eigenvalue weighted by Crippen LogP contribution is 2.28. The van der Waals surface area contributed by atoms with Gasteiger partial charge in [0, 0.05) is 10.9 Å². The van der Waals surface area contributed by atoms with Crippen LogP contribution in [0.1, 0.15) is 27.2 Å². The smallest absolute Gasteiger partial charge is 0.228 e. The number of rotatable bonds is 2. The van der Waals surface area contributed by atoms with Crippen molar-refractivity contribution in [3.05, 3.63) is 69.9 Å². The van der Waals surface area contributed by atoms with Crippen molar-refractivity contribution >= 4 is 28.4 Å². The largest absolute Gasteiger partial charge is 0.451 e. The lowest BCUT2D eigenvalue weighted by molar-refractivity contribution is 0.101. The minimum Gasteiger partial charge on any atom is -0.451 e. The first-order chi connectivity index (χ1) is 9.56. The molecule has 0 amide bonds. The molecule has 0 atom stereocenters. The van der Waals surface area contributed by atoms with Crippen molar-refractivity contribution in [3.8, 4) is 0 Å². The van der Waals surface area contributed by atoms with Crippen molar-refractivity contribution in [2.45, 2.75) is 13.8 Å². The third kappa shape index (κ3) is 2.12. The molecule has 0 aliphatic heterocycles. The lowest BCUT2D eigenvalue weighted by Crippen LogP contribution is -2.00. The van der Waals surface area contributed by atoms with Crippen LogP contribution >= 0.6 is 11.6 Å². The summed E-state index contributed by atoms with van der Waals surface area (Å²) < 4.78 is 5.60. The highest BCUT2D eigenvalue weighted by atomic mass is 35.5. The Bertz CT molecular complexity index is 815. The minimum absolute atomic E-state index is 0.125. The van der Waals surface area contributed by atoms with Gasteiger partial charge in [-0.1, -0.05) is 35.9 Å². The Hall–Kier alpha value is -2.06. The second-order valence-corrected chi connectivity index (χ2v) is 5.30. The van der Waals surface area contributed by atoms with Crippen molar-refractivity contribution in [3.63, 3.8) is 0 Å². The second-order valence-electron chi connectivity index (χ2n) is 4.90. The maximum absolute atomic E-state index is 12.5. The number of hydrogen-bond acceptors (Lipinski definition) is 2. The molecule has 2 nitrogen and oxygen atoms in total. The van der Waals surface area contributed by atoms with Crippen LogP contribution in [0.4, 0.5) is 0 Å². The fourth-order valence-corrected chi connectivity index (χ4v) is 2.38. The van der Waals surface area contributed by atoms with Gasteiger partial charge in [-0.2, -0.15) is 0 Å². The normalized spacial score (nSPS) is 10.9. The molecule has 0 aliphatic carbocycles. The van der Waals surface area contributed by atoms with Gasteiger partial charge in [-0.05, 0) is 43.2 Å². The number of carbonyl (C=O) groups is 1. The Kier molecular flexibility index (Phi) is 3.11. The van der Waals surface area contributed by atoms with E-state index in [9.17, 15) is 4.79 Å². The summed E-state index contributed by atoms with van der Waals surface area (Å²) in [4.78, 5) is 12.5. The van der Waals surface area contributed by atoms with Gasteiger partial charge in [-0.3, -0.25) is 4.79 Å². The third-order valence-electron chi connectivity index (χ3n) is 3.49. The molecule has 3 aromatic rings. The molecule has 1 heterocycles. The highest BCUT2D eigenvalue weighted by Gasteiger charge is 2.16. The van der Waals surface area contributed by atoms with Crippen molar-refractivity contribution < 1.29 is 9.21 Å². The zero-order chi connectivity index (χ0) is 14.3.